The molecule has 0 aromatic rings. The first kappa shape index (κ1) is 12.3. The van der Waals surface area contributed by atoms with E-state index in [9.17, 15) is 9.59 Å². The van der Waals surface area contributed by atoms with E-state index in [4.69, 9.17) is 9.84 Å². The fourth-order valence-electron chi connectivity index (χ4n) is 0.729. The standard InChI is InChI=1S/C8H14O4S/c1-3-4-7(9)12-6(5-13-2)8(10)11/h6H,3-5H2,1-2H3,(H,10,11). The Morgan fingerprint density at radius 1 is 1.54 bits per heavy atom. The smallest absolute Gasteiger partial charge is 0.345 e. The van der Waals surface area contributed by atoms with Crippen molar-refractivity contribution in [3.63, 3.8) is 0 Å². The molecule has 1 unspecified atom stereocenters. The summed E-state index contributed by atoms with van der Waals surface area (Å²) in [4.78, 5) is 21.5. The second kappa shape index (κ2) is 6.77. The lowest BCUT2D eigenvalue weighted by atomic mass is 10.3. The highest BCUT2D eigenvalue weighted by Crippen LogP contribution is 2.04. The number of esters is 1. The predicted octanol–water partition coefficient (Wildman–Crippen LogP) is 1.15. The average Bonchev–Trinajstić information content (AvgIpc) is 2.04. The molecule has 0 aromatic carbocycles. The number of carboxylic acids is 1. The number of aliphatic carboxylic acids is 1. The van der Waals surface area contributed by atoms with Crippen molar-refractivity contribution in [1.29, 1.82) is 0 Å². The van der Waals surface area contributed by atoms with Crippen LogP contribution in [0.2, 0.25) is 0 Å². The van der Waals surface area contributed by atoms with E-state index in [-0.39, 0.29) is 6.42 Å². The van der Waals surface area contributed by atoms with Gasteiger partial charge in [0.05, 0.1) is 0 Å². The van der Waals surface area contributed by atoms with Crippen LogP contribution in [0.1, 0.15) is 19.8 Å². The lowest BCUT2D eigenvalue weighted by molar-refractivity contribution is -0.162. The number of ether oxygens (including phenoxy) is 1. The third-order valence-electron chi connectivity index (χ3n) is 1.32. The van der Waals surface area contributed by atoms with E-state index in [0.29, 0.717) is 12.2 Å². The Kier molecular flexibility index (Phi) is 6.40. The molecule has 1 atom stereocenters. The van der Waals surface area contributed by atoms with Crippen LogP contribution in [0.25, 0.3) is 0 Å². The monoisotopic (exact) mass is 206 g/mol. The fraction of sp³-hybridized carbons (Fsp3) is 0.750. The minimum Gasteiger partial charge on any atom is -0.478 e. The van der Waals surface area contributed by atoms with Gasteiger partial charge in [-0.25, -0.2) is 4.79 Å². The maximum Gasteiger partial charge on any atom is 0.345 e. The van der Waals surface area contributed by atoms with Crippen LogP contribution in [0, 0.1) is 0 Å². The summed E-state index contributed by atoms with van der Waals surface area (Å²) in [5.74, 6) is -1.23. The maximum absolute atomic E-state index is 10.9. The highest BCUT2D eigenvalue weighted by atomic mass is 32.2. The summed E-state index contributed by atoms with van der Waals surface area (Å²) in [7, 11) is 0. The van der Waals surface area contributed by atoms with Crippen molar-refractivity contribution in [3.8, 4) is 0 Å². The second-order valence-corrected chi connectivity index (χ2v) is 3.43. The first-order chi connectivity index (χ1) is 6.11. The summed E-state index contributed by atoms with van der Waals surface area (Å²) in [6, 6.07) is 0. The Morgan fingerprint density at radius 3 is 2.54 bits per heavy atom. The highest BCUT2D eigenvalue weighted by Gasteiger charge is 2.20. The van der Waals surface area contributed by atoms with E-state index in [1.54, 1.807) is 6.26 Å². The fourth-order valence-corrected chi connectivity index (χ4v) is 1.24. The summed E-state index contributed by atoms with van der Waals surface area (Å²) >= 11 is 1.34. The van der Waals surface area contributed by atoms with Gasteiger partial charge in [-0.3, -0.25) is 4.79 Å². The zero-order chi connectivity index (χ0) is 10.3. The summed E-state index contributed by atoms with van der Waals surface area (Å²) < 4.78 is 4.73. The van der Waals surface area contributed by atoms with Gasteiger partial charge in [-0.1, -0.05) is 6.92 Å². The molecule has 4 nitrogen and oxygen atoms in total. The summed E-state index contributed by atoms with van der Waals surface area (Å²) in [6.07, 6.45) is 1.71. The van der Waals surface area contributed by atoms with E-state index in [2.05, 4.69) is 0 Å². The Labute approximate surface area is 81.6 Å². The van der Waals surface area contributed by atoms with Gasteiger partial charge in [0.25, 0.3) is 0 Å². The topological polar surface area (TPSA) is 63.6 Å². The maximum atomic E-state index is 10.9. The highest BCUT2D eigenvalue weighted by molar-refractivity contribution is 7.98. The number of hydrogen-bond acceptors (Lipinski definition) is 4. The van der Waals surface area contributed by atoms with Gasteiger partial charge in [-0.05, 0) is 12.7 Å². The Morgan fingerprint density at radius 2 is 2.15 bits per heavy atom. The van der Waals surface area contributed by atoms with Crippen molar-refractivity contribution in [2.24, 2.45) is 0 Å². The van der Waals surface area contributed by atoms with E-state index in [1.807, 2.05) is 6.92 Å². The lowest BCUT2D eigenvalue weighted by Gasteiger charge is -2.11. The van der Waals surface area contributed by atoms with E-state index >= 15 is 0 Å². The number of hydrogen-bond donors (Lipinski definition) is 1. The zero-order valence-corrected chi connectivity index (χ0v) is 8.60. The molecule has 0 aliphatic carbocycles. The molecule has 13 heavy (non-hydrogen) atoms. The Hall–Kier alpha value is -0.710. The van der Waals surface area contributed by atoms with Crippen molar-refractivity contribution in [1.82, 2.24) is 0 Å². The molecule has 0 saturated carbocycles. The zero-order valence-electron chi connectivity index (χ0n) is 7.78. The van der Waals surface area contributed by atoms with Gasteiger partial charge in [0.1, 0.15) is 0 Å². The summed E-state index contributed by atoms with van der Waals surface area (Å²) in [5.41, 5.74) is 0. The van der Waals surface area contributed by atoms with Crippen LogP contribution in [0.5, 0.6) is 0 Å². The molecule has 5 heteroatoms. The molecule has 0 spiro atoms. The molecule has 0 amide bonds. The van der Waals surface area contributed by atoms with E-state index in [0.717, 1.165) is 0 Å². The molecule has 0 radical (unpaired) electrons. The van der Waals surface area contributed by atoms with Crippen molar-refractivity contribution < 1.29 is 19.4 Å². The largest absolute Gasteiger partial charge is 0.478 e. The molecule has 0 aromatic heterocycles. The van der Waals surface area contributed by atoms with Crippen molar-refractivity contribution in [2.45, 2.75) is 25.9 Å². The minimum absolute atomic E-state index is 0.276. The first-order valence-electron chi connectivity index (χ1n) is 4.03. The molecule has 1 N–H and O–H groups in total. The van der Waals surface area contributed by atoms with Crippen molar-refractivity contribution >= 4 is 23.7 Å². The van der Waals surface area contributed by atoms with Gasteiger partial charge >= 0.3 is 11.9 Å². The number of rotatable bonds is 6. The molecule has 0 bridgehead atoms. The number of carbonyl (C=O) groups excluding carboxylic acids is 1. The van der Waals surface area contributed by atoms with Crippen LogP contribution in [-0.4, -0.2) is 35.2 Å². The molecule has 0 rings (SSSR count). The Bertz CT molecular complexity index is 181. The van der Waals surface area contributed by atoms with E-state index < -0.39 is 18.0 Å². The molecule has 76 valence electrons. The van der Waals surface area contributed by atoms with Gasteiger partial charge in [0, 0.05) is 12.2 Å². The predicted molar refractivity (Wildman–Crippen MR) is 50.8 cm³/mol. The average molecular weight is 206 g/mol. The lowest BCUT2D eigenvalue weighted by Crippen LogP contribution is -2.29. The van der Waals surface area contributed by atoms with Crippen LogP contribution in [0.3, 0.4) is 0 Å². The second-order valence-electron chi connectivity index (χ2n) is 2.52. The van der Waals surface area contributed by atoms with Crippen LogP contribution >= 0.6 is 11.8 Å². The van der Waals surface area contributed by atoms with Gasteiger partial charge in [0.15, 0.2) is 0 Å². The number of thioether (sulfide) groups is 1. The quantitative estimate of drug-likeness (QED) is 0.660. The van der Waals surface area contributed by atoms with Crippen molar-refractivity contribution in [3.05, 3.63) is 0 Å². The van der Waals surface area contributed by atoms with Gasteiger partial charge < -0.3 is 9.84 Å². The summed E-state index contributed by atoms with van der Waals surface area (Å²) in [5, 5.41) is 8.63. The first-order valence-corrected chi connectivity index (χ1v) is 5.42. The minimum atomic E-state index is -1.08. The Balaban J connectivity index is 3.94. The molecule has 0 saturated heterocycles. The molecule has 0 aliphatic heterocycles. The van der Waals surface area contributed by atoms with Crippen LogP contribution in [0.15, 0.2) is 0 Å². The molecular formula is C8H14O4S. The SMILES string of the molecule is CCCC(=O)OC(CSC)C(=O)O. The summed E-state index contributed by atoms with van der Waals surface area (Å²) in [6.45, 7) is 1.84. The molecule has 0 heterocycles. The molecular weight excluding hydrogens is 192 g/mol. The number of carbonyl (C=O) groups is 2. The van der Waals surface area contributed by atoms with Gasteiger partial charge in [-0.15, -0.1) is 0 Å². The third-order valence-corrected chi connectivity index (χ3v) is 1.96. The van der Waals surface area contributed by atoms with Crippen LogP contribution < -0.4 is 0 Å². The van der Waals surface area contributed by atoms with Gasteiger partial charge in [0.2, 0.25) is 6.10 Å². The normalized spacial score (nSPS) is 12.2. The molecule has 0 aliphatic rings. The van der Waals surface area contributed by atoms with E-state index in [1.165, 1.54) is 11.8 Å². The van der Waals surface area contributed by atoms with Crippen LogP contribution in [-0.2, 0) is 14.3 Å². The number of carboxylic acid groups (broad SMARTS) is 1. The van der Waals surface area contributed by atoms with Crippen LogP contribution in [0.4, 0.5) is 0 Å². The van der Waals surface area contributed by atoms with Gasteiger partial charge in [-0.2, -0.15) is 11.8 Å². The third kappa shape index (κ3) is 5.52. The molecule has 0 fully saturated rings. The van der Waals surface area contributed by atoms with Crippen molar-refractivity contribution in [2.75, 3.05) is 12.0 Å².